The van der Waals surface area contributed by atoms with E-state index in [-0.39, 0.29) is 16.6 Å². The quantitative estimate of drug-likeness (QED) is 0.129. The highest BCUT2D eigenvalue weighted by atomic mass is 35.5. The molecule has 3 rings (SSSR count). The molecule has 41 heavy (non-hydrogen) atoms. The molecule has 2 aromatic carbocycles. The smallest absolute Gasteiger partial charge is 0.490 e. The topological polar surface area (TPSA) is 189 Å². The molecule has 0 radical (unpaired) electrons. The van der Waals surface area contributed by atoms with E-state index in [2.05, 4.69) is 21.2 Å². The number of nitrogens with two attached hydrogens (primary N) is 1. The molecule has 3 aromatic rings. The second-order valence-electron chi connectivity index (χ2n) is 7.75. The van der Waals surface area contributed by atoms with Gasteiger partial charge in [0.1, 0.15) is 11.9 Å². The van der Waals surface area contributed by atoms with E-state index in [0.717, 1.165) is 0 Å². The fourth-order valence-electron chi connectivity index (χ4n) is 3.09. The summed E-state index contributed by atoms with van der Waals surface area (Å²) < 4.78 is 42.4. The molecule has 1 aromatic heterocycles. The Morgan fingerprint density at radius 3 is 2.05 bits per heavy atom. The van der Waals surface area contributed by atoms with Gasteiger partial charge in [0, 0.05) is 34.8 Å². The van der Waals surface area contributed by atoms with Gasteiger partial charge in [-0.25, -0.2) is 4.79 Å². The molecular weight excluding hydrogens is 573 g/mol. The number of methoxy groups -OCH3 is 2. The molecule has 12 nitrogen and oxygen atoms in total. The number of carboxylic acids is 1. The molecule has 0 bridgehead atoms. The van der Waals surface area contributed by atoms with Crippen LogP contribution in [0.15, 0.2) is 60.9 Å². The second kappa shape index (κ2) is 14.4. The molecule has 1 heterocycles. The molecule has 0 spiro atoms. The zero-order valence-corrected chi connectivity index (χ0v) is 22.1. The molecule has 2 amide bonds. The van der Waals surface area contributed by atoms with Crippen LogP contribution in [0.2, 0.25) is 5.02 Å². The number of carbonyl (C=O) groups excluding carboxylic acids is 2. The van der Waals surface area contributed by atoms with Gasteiger partial charge in [-0.3, -0.25) is 30.8 Å². The first-order valence-corrected chi connectivity index (χ1v) is 11.6. The number of aliphatic carboxylic acids is 1. The van der Waals surface area contributed by atoms with Crippen LogP contribution in [0.5, 0.6) is 11.5 Å². The van der Waals surface area contributed by atoms with Gasteiger partial charge in [-0.2, -0.15) is 13.2 Å². The third-order valence-electron chi connectivity index (χ3n) is 5.08. The zero-order chi connectivity index (χ0) is 30.7. The maximum atomic E-state index is 13.2. The molecular formula is C25H24ClF3N6O6. The van der Waals surface area contributed by atoms with Crippen molar-refractivity contribution >= 4 is 40.9 Å². The van der Waals surface area contributed by atoms with Gasteiger partial charge in [-0.05, 0) is 42.5 Å². The Bertz CT molecular complexity index is 1390. The first-order chi connectivity index (χ1) is 19.3. The Kier molecular flexibility index (Phi) is 11.3. The lowest BCUT2D eigenvalue weighted by molar-refractivity contribution is -0.192. The van der Waals surface area contributed by atoms with Gasteiger partial charge in [0.05, 0.1) is 19.2 Å². The molecule has 1 unspecified atom stereocenters. The summed E-state index contributed by atoms with van der Waals surface area (Å²) >= 11 is 6.56. The predicted molar refractivity (Wildman–Crippen MR) is 142 cm³/mol. The summed E-state index contributed by atoms with van der Waals surface area (Å²) in [6, 6.07) is 11.8. The predicted octanol–water partition coefficient (Wildman–Crippen LogP) is 3.28. The molecule has 0 saturated carbocycles. The number of nitrogens with zero attached hydrogens (tertiary/aromatic N) is 1. The van der Waals surface area contributed by atoms with Crippen LogP contribution >= 0.6 is 11.6 Å². The average molecular weight is 597 g/mol. The van der Waals surface area contributed by atoms with Crippen LogP contribution in [0.1, 0.15) is 27.5 Å². The summed E-state index contributed by atoms with van der Waals surface area (Å²) in [7, 11) is 2.91. The minimum atomic E-state index is -5.08. The number of amidine groups is 1. The first-order valence-electron chi connectivity index (χ1n) is 11.2. The summed E-state index contributed by atoms with van der Waals surface area (Å²) in [4.78, 5) is 38.3. The number of carbonyl (C=O) groups is 3. The van der Waals surface area contributed by atoms with Crippen molar-refractivity contribution < 1.29 is 42.1 Å². The van der Waals surface area contributed by atoms with E-state index in [1.165, 1.54) is 38.7 Å². The minimum Gasteiger partial charge on any atom is -0.493 e. The molecule has 7 N–H and O–H groups in total. The van der Waals surface area contributed by atoms with Crippen LogP contribution in [0.25, 0.3) is 0 Å². The third kappa shape index (κ3) is 8.99. The Hall–Kier alpha value is -5.05. The standard InChI is InChI=1S/C23H23ClN6O4.C2HF3O2/c1-33-17-8-7-16(18(24)20(17)34-2)19(28-15-5-3-13(4-6-15)21(25)26)23(32)30-29-22(31)14-9-11-27-12-10-14;3-2(4,5)1(6)7/h3-12,19,28H,1-2H3,(H3,25,26)(H,29,31)(H,30,32);(H,6,7). The molecule has 0 aliphatic rings. The number of nitrogens with one attached hydrogen (secondary N) is 4. The van der Waals surface area contributed by atoms with Gasteiger partial charge in [-0.1, -0.05) is 17.7 Å². The molecule has 0 saturated heterocycles. The maximum Gasteiger partial charge on any atom is 0.490 e. The molecule has 16 heteroatoms. The van der Waals surface area contributed by atoms with Crippen LogP contribution in [0.3, 0.4) is 0 Å². The number of ether oxygens (including phenoxy) is 2. The summed E-state index contributed by atoms with van der Waals surface area (Å²) in [6.07, 6.45) is -2.15. The van der Waals surface area contributed by atoms with Gasteiger partial charge >= 0.3 is 12.1 Å². The number of anilines is 1. The lowest BCUT2D eigenvalue weighted by Crippen LogP contribution is -2.45. The molecule has 218 valence electrons. The number of rotatable bonds is 8. The number of amides is 2. The van der Waals surface area contributed by atoms with Crippen LogP contribution in [-0.4, -0.2) is 54.1 Å². The number of aromatic nitrogens is 1. The lowest BCUT2D eigenvalue weighted by Gasteiger charge is -2.23. The SMILES string of the molecule is COc1ccc(C(Nc2ccc(C(=N)N)cc2)C(=O)NNC(=O)c2ccncc2)c(Cl)c1OC.O=C(O)C(F)(F)F. The second-order valence-corrected chi connectivity index (χ2v) is 8.13. The monoisotopic (exact) mass is 596 g/mol. The van der Waals surface area contributed by atoms with Gasteiger partial charge in [0.25, 0.3) is 11.8 Å². The van der Waals surface area contributed by atoms with Crippen molar-refractivity contribution in [3.63, 3.8) is 0 Å². The van der Waals surface area contributed by atoms with Gasteiger partial charge < -0.3 is 25.6 Å². The van der Waals surface area contributed by atoms with Crippen LogP contribution in [0, 0.1) is 5.41 Å². The van der Waals surface area contributed by atoms with E-state index in [1.54, 1.807) is 36.4 Å². The van der Waals surface area contributed by atoms with E-state index in [4.69, 9.17) is 42.1 Å². The number of hydrogen-bond donors (Lipinski definition) is 6. The average Bonchev–Trinajstić information content (AvgIpc) is 2.95. The number of alkyl halides is 3. The number of halogens is 4. The van der Waals surface area contributed by atoms with E-state index in [9.17, 15) is 22.8 Å². The highest BCUT2D eigenvalue weighted by molar-refractivity contribution is 6.33. The summed E-state index contributed by atoms with van der Waals surface area (Å²) in [5.74, 6) is -3.29. The third-order valence-corrected chi connectivity index (χ3v) is 5.47. The van der Waals surface area contributed by atoms with Crippen molar-refractivity contribution in [2.45, 2.75) is 12.2 Å². The summed E-state index contributed by atoms with van der Waals surface area (Å²) in [5.41, 5.74) is 12.1. The fraction of sp³-hybridized carbons (Fsp3) is 0.160. The van der Waals surface area contributed by atoms with Crippen LogP contribution in [0.4, 0.5) is 18.9 Å². The van der Waals surface area contributed by atoms with Crippen molar-refractivity contribution in [1.82, 2.24) is 15.8 Å². The maximum absolute atomic E-state index is 13.2. The number of nitrogen functional groups attached to an aromatic ring is 1. The minimum absolute atomic E-state index is 0.0809. The highest BCUT2D eigenvalue weighted by Crippen LogP contribution is 2.40. The number of hydrazine groups is 1. The van der Waals surface area contributed by atoms with Crippen molar-refractivity contribution in [3.05, 3.63) is 82.6 Å². The van der Waals surface area contributed by atoms with E-state index in [0.29, 0.717) is 28.1 Å². The summed E-state index contributed by atoms with van der Waals surface area (Å²) in [5, 5.41) is 17.9. The largest absolute Gasteiger partial charge is 0.493 e. The van der Waals surface area contributed by atoms with Gasteiger partial charge in [0.15, 0.2) is 11.5 Å². The van der Waals surface area contributed by atoms with Gasteiger partial charge in [0.2, 0.25) is 0 Å². The Balaban J connectivity index is 0.000000745. The van der Waals surface area contributed by atoms with Crippen molar-refractivity contribution in [2.75, 3.05) is 19.5 Å². The zero-order valence-electron chi connectivity index (χ0n) is 21.4. The molecule has 1 atom stereocenters. The molecule has 0 aliphatic carbocycles. The summed E-state index contributed by atoms with van der Waals surface area (Å²) in [6.45, 7) is 0. The van der Waals surface area contributed by atoms with E-state index >= 15 is 0 Å². The van der Waals surface area contributed by atoms with E-state index < -0.39 is 30.0 Å². The van der Waals surface area contributed by atoms with Crippen LogP contribution < -0.4 is 31.4 Å². The lowest BCUT2D eigenvalue weighted by atomic mass is 10.0. The number of benzene rings is 2. The normalized spacial score (nSPS) is 11.2. The highest BCUT2D eigenvalue weighted by Gasteiger charge is 2.38. The van der Waals surface area contributed by atoms with Crippen molar-refractivity contribution in [1.29, 1.82) is 5.41 Å². The molecule has 0 aliphatic heterocycles. The van der Waals surface area contributed by atoms with Crippen molar-refractivity contribution in [3.8, 4) is 11.5 Å². The van der Waals surface area contributed by atoms with Crippen LogP contribution in [-0.2, 0) is 9.59 Å². The fourth-order valence-corrected chi connectivity index (χ4v) is 3.43. The first kappa shape index (κ1) is 32.2. The van der Waals surface area contributed by atoms with Gasteiger partial charge in [-0.15, -0.1) is 0 Å². The Labute approximate surface area is 236 Å². The number of hydrogen-bond acceptors (Lipinski definition) is 8. The Morgan fingerprint density at radius 2 is 1.56 bits per heavy atom. The number of carboxylic acid groups (broad SMARTS) is 1. The van der Waals surface area contributed by atoms with E-state index in [1.807, 2.05) is 0 Å². The molecule has 0 fully saturated rings. The van der Waals surface area contributed by atoms with Crippen molar-refractivity contribution in [2.24, 2.45) is 5.73 Å². The Morgan fingerprint density at radius 1 is 0.976 bits per heavy atom. The number of pyridine rings is 1.